The average molecular weight is 498 g/mol. The normalized spacial score (nSPS) is 13.8. The Bertz CT molecular complexity index is 1350. The molecule has 8 nitrogen and oxygen atoms in total. The molecule has 1 N–H and O–H groups in total. The third-order valence-corrected chi connectivity index (χ3v) is 7.30. The van der Waals surface area contributed by atoms with E-state index in [2.05, 4.69) is 10.4 Å². The van der Waals surface area contributed by atoms with E-state index in [0.717, 1.165) is 12.7 Å². The molecule has 2 aromatic carbocycles. The lowest BCUT2D eigenvalue weighted by atomic mass is 10.0. The average Bonchev–Trinajstić information content (AvgIpc) is 3.38. The summed E-state index contributed by atoms with van der Waals surface area (Å²) in [6, 6.07) is 15.0. The molecule has 1 aromatic heterocycles. The van der Waals surface area contributed by atoms with Crippen LogP contribution in [0.3, 0.4) is 0 Å². The van der Waals surface area contributed by atoms with Gasteiger partial charge in [0, 0.05) is 29.6 Å². The fraction of sp³-hybridized carbons (Fsp3) is 0.208. The summed E-state index contributed by atoms with van der Waals surface area (Å²) in [6.45, 7) is 0.470. The Hall–Kier alpha value is -3.50. The van der Waals surface area contributed by atoms with Crippen molar-refractivity contribution < 1.29 is 22.7 Å². The van der Waals surface area contributed by atoms with E-state index in [9.17, 15) is 18.0 Å². The third kappa shape index (κ3) is 5.18. The molecule has 0 unspecified atom stereocenters. The van der Waals surface area contributed by atoms with Gasteiger partial charge in [0.1, 0.15) is 10.6 Å². The van der Waals surface area contributed by atoms with Crippen molar-refractivity contribution in [3.05, 3.63) is 76.0 Å². The first-order valence-electron chi connectivity index (χ1n) is 10.5. The molecule has 34 heavy (non-hydrogen) atoms. The number of hydrogen-bond acceptors (Lipinski definition) is 7. The lowest BCUT2D eigenvalue weighted by Crippen LogP contribution is -2.32. The molecule has 10 heteroatoms. The Kier molecular flexibility index (Phi) is 6.80. The molecular weight excluding hydrogens is 474 g/mol. The third-order valence-electron chi connectivity index (χ3n) is 5.29. The summed E-state index contributed by atoms with van der Waals surface area (Å²) in [5.74, 6) is -0.212. The smallest absolute Gasteiger partial charge is 0.273 e. The quantitative estimate of drug-likeness (QED) is 0.553. The number of methoxy groups -OCH3 is 1. The highest BCUT2D eigenvalue weighted by Gasteiger charge is 2.22. The number of rotatable bonds is 6. The number of thiophene rings is 1. The van der Waals surface area contributed by atoms with E-state index in [0.29, 0.717) is 40.4 Å². The van der Waals surface area contributed by atoms with Crippen LogP contribution in [0.1, 0.15) is 38.4 Å². The van der Waals surface area contributed by atoms with E-state index in [4.69, 9.17) is 4.74 Å². The summed E-state index contributed by atoms with van der Waals surface area (Å²) >= 11 is 1.35. The molecular formula is C24H23N3O5S2. The lowest BCUT2D eigenvalue weighted by Gasteiger charge is -2.24. The number of carbonyl (C=O) groups excluding carboxylic acids is 2. The van der Waals surface area contributed by atoms with Crippen LogP contribution in [0.2, 0.25) is 0 Å². The summed E-state index contributed by atoms with van der Waals surface area (Å²) in [5, 5.41) is 10.6. The first-order chi connectivity index (χ1) is 16.3. The molecule has 3 aromatic rings. The highest BCUT2D eigenvalue weighted by atomic mass is 32.2. The van der Waals surface area contributed by atoms with Crippen molar-refractivity contribution in [1.82, 2.24) is 5.01 Å². The van der Waals surface area contributed by atoms with Crippen LogP contribution in [0.15, 0.2) is 70.0 Å². The predicted molar refractivity (Wildman–Crippen MR) is 132 cm³/mol. The number of nitrogens with one attached hydrogen (secondary N) is 1. The van der Waals surface area contributed by atoms with Crippen LogP contribution in [-0.4, -0.2) is 50.9 Å². The van der Waals surface area contributed by atoms with Gasteiger partial charge >= 0.3 is 0 Å². The van der Waals surface area contributed by atoms with E-state index in [-0.39, 0.29) is 22.5 Å². The number of benzene rings is 2. The second kappa shape index (κ2) is 9.78. The molecule has 1 aliphatic rings. The zero-order chi connectivity index (χ0) is 24.3. The van der Waals surface area contributed by atoms with Crippen LogP contribution in [-0.2, 0) is 9.84 Å². The van der Waals surface area contributed by atoms with Crippen LogP contribution in [0.5, 0.6) is 5.75 Å². The summed E-state index contributed by atoms with van der Waals surface area (Å²) in [4.78, 5) is 25.9. The molecule has 0 saturated heterocycles. The fourth-order valence-electron chi connectivity index (χ4n) is 3.59. The van der Waals surface area contributed by atoms with Gasteiger partial charge in [-0.25, -0.2) is 13.4 Å². The van der Waals surface area contributed by atoms with Crippen LogP contribution in [0.4, 0.5) is 5.69 Å². The topological polar surface area (TPSA) is 105 Å². The fourth-order valence-corrected chi connectivity index (χ4v) is 5.03. The lowest BCUT2D eigenvalue weighted by molar-refractivity contribution is 0.0751. The monoisotopic (exact) mass is 497 g/mol. The minimum atomic E-state index is -3.43. The van der Waals surface area contributed by atoms with Gasteiger partial charge in [0.15, 0.2) is 9.84 Å². The minimum absolute atomic E-state index is 0.106. The second-order valence-electron chi connectivity index (χ2n) is 7.73. The molecule has 176 valence electrons. The Morgan fingerprint density at radius 1 is 1.12 bits per heavy atom. The summed E-state index contributed by atoms with van der Waals surface area (Å²) in [7, 11) is -2.02. The van der Waals surface area contributed by atoms with Crippen molar-refractivity contribution in [2.45, 2.75) is 17.7 Å². The molecule has 1 aliphatic heterocycles. The number of carbonyl (C=O) groups is 2. The first kappa shape index (κ1) is 23.7. The van der Waals surface area contributed by atoms with Crippen LogP contribution in [0, 0.1) is 0 Å². The van der Waals surface area contributed by atoms with Crippen LogP contribution >= 0.6 is 11.3 Å². The SMILES string of the molecule is COc1cc(C2=NN(C(=O)c3ccc(NC(=O)c4cccs4)cc3)CCC2)ccc1S(C)(=O)=O. The van der Waals surface area contributed by atoms with Gasteiger partial charge in [0.05, 0.1) is 17.7 Å². The predicted octanol–water partition coefficient (Wildman–Crippen LogP) is 4.05. The van der Waals surface area contributed by atoms with Gasteiger partial charge < -0.3 is 10.1 Å². The van der Waals surface area contributed by atoms with Gasteiger partial charge in [0.25, 0.3) is 11.8 Å². The maximum Gasteiger partial charge on any atom is 0.273 e. The van der Waals surface area contributed by atoms with E-state index in [1.54, 1.807) is 42.5 Å². The molecule has 2 amide bonds. The minimum Gasteiger partial charge on any atom is -0.495 e. The van der Waals surface area contributed by atoms with Crippen molar-refractivity contribution >= 4 is 44.4 Å². The van der Waals surface area contributed by atoms with Crippen molar-refractivity contribution in [3.8, 4) is 5.75 Å². The summed E-state index contributed by atoms with van der Waals surface area (Å²) in [6.07, 6.45) is 2.50. The molecule has 0 bridgehead atoms. The molecule has 0 fully saturated rings. The number of anilines is 1. The molecule has 4 rings (SSSR count). The van der Waals surface area contributed by atoms with Crippen LogP contribution in [0.25, 0.3) is 0 Å². The zero-order valence-electron chi connectivity index (χ0n) is 18.6. The largest absolute Gasteiger partial charge is 0.495 e. The first-order valence-corrected chi connectivity index (χ1v) is 13.3. The highest BCUT2D eigenvalue weighted by molar-refractivity contribution is 7.90. The maximum absolute atomic E-state index is 13.0. The standard InChI is InChI=1S/C24H23N3O5S2/c1-32-20-15-17(9-12-22(20)34(2,30)31)19-5-3-13-27(26-19)24(29)16-7-10-18(11-8-16)25-23(28)21-6-4-14-33-21/h4,6-12,14-15H,3,5,13H2,1-2H3,(H,25,28). The van der Waals surface area contributed by atoms with Gasteiger partial charge in [-0.1, -0.05) is 12.1 Å². The van der Waals surface area contributed by atoms with E-state index >= 15 is 0 Å². The van der Waals surface area contributed by atoms with Crippen molar-refractivity contribution in [2.75, 3.05) is 25.2 Å². The van der Waals surface area contributed by atoms with Gasteiger partial charge in [-0.3, -0.25) is 9.59 Å². The molecule has 0 aliphatic carbocycles. The maximum atomic E-state index is 13.0. The Morgan fingerprint density at radius 3 is 2.53 bits per heavy atom. The Labute approximate surface area is 201 Å². The van der Waals surface area contributed by atoms with Gasteiger partial charge in [-0.05, 0) is 60.7 Å². The number of ether oxygens (including phenoxy) is 1. The zero-order valence-corrected chi connectivity index (χ0v) is 20.3. The van der Waals surface area contributed by atoms with Gasteiger partial charge in [0.2, 0.25) is 0 Å². The highest BCUT2D eigenvalue weighted by Crippen LogP contribution is 2.27. The molecule has 0 radical (unpaired) electrons. The number of sulfone groups is 1. The van der Waals surface area contributed by atoms with Gasteiger partial charge in [-0.15, -0.1) is 11.3 Å². The molecule has 0 atom stereocenters. The summed E-state index contributed by atoms with van der Waals surface area (Å²) in [5.41, 5.74) is 2.42. The number of hydrazone groups is 1. The van der Waals surface area contributed by atoms with Gasteiger partial charge in [-0.2, -0.15) is 5.10 Å². The van der Waals surface area contributed by atoms with E-state index < -0.39 is 9.84 Å². The van der Waals surface area contributed by atoms with E-state index in [1.807, 2.05) is 11.4 Å². The van der Waals surface area contributed by atoms with Crippen molar-refractivity contribution in [3.63, 3.8) is 0 Å². The number of hydrogen-bond donors (Lipinski definition) is 1. The molecule has 0 spiro atoms. The van der Waals surface area contributed by atoms with Crippen molar-refractivity contribution in [1.29, 1.82) is 0 Å². The van der Waals surface area contributed by atoms with Crippen LogP contribution < -0.4 is 10.1 Å². The Balaban J connectivity index is 1.51. The van der Waals surface area contributed by atoms with E-state index in [1.165, 1.54) is 29.5 Å². The summed E-state index contributed by atoms with van der Waals surface area (Å²) < 4.78 is 29.2. The second-order valence-corrected chi connectivity index (χ2v) is 10.7. The number of amides is 2. The molecule has 2 heterocycles. The Morgan fingerprint density at radius 2 is 1.88 bits per heavy atom. The van der Waals surface area contributed by atoms with Crippen molar-refractivity contribution in [2.24, 2.45) is 5.10 Å². The number of nitrogens with zero attached hydrogens (tertiary/aromatic N) is 2. The molecule has 0 saturated carbocycles.